The molecule has 0 saturated carbocycles. The molecule has 1 aromatic carbocycles. The summed E-state index contributed by atoms with van der Waals surface area (Å²) in [6.07, 6.45) is -5.76. The molecule has 98 valence electrons. The Labute approximate surface area is 99.6 Å². The molecule has 0 aromatic heterocycles. The van der Waals surface area contributed by atoms with E-state index in [2.05, 4.69) is 0 Å². The van der Waals surface area contributed by atoms with E-state index in [0.717, 1.165) is 12.1 Å². The number of aromatic hydroxyl groups is 1. The molecule has 0 amide bonds. The summed E-state index contributed by atoms with van der Waals surface area (Å²) >= 11 is 0. The average Bonchev–Trinajstić information content (AvgIpc) is 2.15. The van der Waals surface area contributed by atoms with Gasteiger partial charge in [-0.25, -0.2) is 0 Å². The third kappa shape index (κ3) is 2.98. The van der Waals surface area contributed by atoms with Crippen LogP contribution in [0.3, 0.4) is 0 Å². The van der Waals surface area contributed by atoms with E-state index >= 15 is 0 Å². The maximum absolute atomic E-state index is 12.8. The lowest BCUT2D eigenvalue weighted by Gasteiger charge is -2.26. The van der Waals surface area contributed by atoms with E-state index in [1.165, 1.54) is 12.1 Å². The molecule has 0 fully saturated rings. The molecular formula is C9H9ClF5NO. The van der Waals surface area contributed by atoms with E-state index in [9.17, 15) is 22.0 Å². The fourth-order valence-corrected chi connectivity index (χ4v) is 1.12. The zero-order valence-electron chi connectivity index (χ0n) is 8.21. The molecule has 0 aliphatic rings. The van der Waals surface area contributed by atoms with Crippen LogP contribution in [0.4, 0.5) is 22.0 Å². The Hall–Kier alpha value is -1.08. The molecular weight excluding hydrogens is 269 g/mol. The lowest BCUT2D eigenvalue weighted by molar-refractivity contribution is -0.291. The molecule has 0 heterocycles. The number of hydrogen-bond donors (Lipinski definition) is 2. The highest BCUT2D eigenvalue weighted by Gasteiger charge is 2.62. The van der Waals surface area contributed by atoms with Gasteiger partial charge < -0.3 is 10.8 Å². The molecule has 3 N–H and O–H groups in total. The summed E-state index contributed by atoms with van der Waals surface area (Å²) in [5.41, 5.74) is 4.18. The second-order valence-corrected chi connectivity index (χ2v) is 3.16. The van der Waals surface area contributed by atoms with Gasteiger partial charge in [-0.05, 0) is 6.07 Å². The summed E-state index contributed by atoms with van der Waals surface area (Å²) in [6.45, 7) is 0. The van der Waals surface area contributed by atoms with Crippen LogP contribution in [-0.2, 0) is 0 Å². The minimum absolute atomic E-state index is 0. The van der Waals surface area contributed by atoms with Gasteiger partial charge in [0.1, 0.15) is 11.8 Å². The molecule has 0 bridgehead atoms. The van der Waals surface area contributed by atoms with Crippen molar-refractivity contribution < 1.29 is 27.1 Å². The minimum atomic E-state index is -5.76. The van der Waals surface area contributed by atoms with Gasteiger partial charge in [-0.15, -0.1) is 12.4 Å². The zero-order chi connectivity index (χ0) is 12.6. The van der Waals surface area contributed by atoms with Crippen molar-refractivity contribution >= 4 is 12.4 Å². The number of halogens is 6. The number of rotatable bonds is 2. The average molecular weight is 278 g/mol. The molecule has 17 heavy (non-hydrogen) atoms. The first kappa shape index (κ1) is 15.9. The number of alkyl halides is 5. The van der Waals surface area contributed by atoms with Gasteiger partial charge in [0.2, 0.25) is 0 Å². The van der Waals surface area contributed by atoms with Gasteiger partial charge in [-0.2, -0.15) is 22.0 Å². The van der Waals surface area contributed by atoms with Crippen molar-refractivity contribution in [2.24, 2.45) is 5.73 Å². The second-order valence-electron chi connectivity index (χ2n) is 3.16. The number of phenols is 1. The van der Waals surface area contributed by atoms with Gasteiger partial charge in [0.15, 0.2) is 0 Å². The summed E-state index contributed by atoms with van der Waals surface area (Å²) < 4.78 is 61.6. The quantitative estimate of drug-likeness (QED) is 0.816. The van der Waals surface area contributed by atoms with E-state index in [4.69, 9.17) is 10.8 Å². The van der Waals surface area contributed by atoms with Gasteiger partial charge in [0.05, 0.1) is 0 Å². The fourth-order valence-electron chi connectivity index (χ4n) is 1.12. The minimum Gasteiger partial charge on any atom is -0.508 e. The van der Waals surface area contributed by atoms with E-state index in [1.807, 2.05) is 0 Å². The van der Waals surface area contributed by atoms with Crippen LogP contribution in [-0.4, -0.2) is 17.2 Å². The molecule has 1 aromatic rings. The van der Waals surface area contributed by atoms with Crippen LogP contribution in [0.2, 0.25) is 0 Å². The van der Waals surface area contributed by atoms with Crippen LogP contribution in [0.25, 0.3) is 0 Å². The maximum Gasteiger partial charge on any atom is 0.455 e. The first-order valence-electron chi connectivity index (χ1n) is 4.16. The van der Waals surface area contributed by atoms with Crippen LogP contribution in [0.5, 0.6) is 5.75 Å². The smallest absolute Gasteiger partial charge is 0.455 e. The van der Waals surface area contributed by atoms with E-state index < -0.39 is 29.5 Å². The Morgan fingerprint density at radius 3 is 1.94 bits per heavy atom. The summed E-state index contributed by atoms with van der Waals surface area (Å²) in [6, 6.07) is 1.77. The van der Waals surface area contributed by atoms with Crippen molar-refractivity contribution in [2.45, 2.75) is 18.1 Å². The molecule has 0 unspecified atom stereocenters. The predicted molar refractivity (Wildman–Crippen MR) is 53.3 cm³/mol. The largest absolute Gasteiger partial charge is 0.508 e. The van der Waals surface area contributed by atoms with Crippen LogP contribution < -0.4 is 5.73 Å². The lowest BCUT2D eigenvalue weighted by Crippen LogP contribution is -2.45. The van der Waals surface area contributed by atoms with E-state index in [-0.39, 0.29) is 12.4 Å². The second kappa shape index (κ2) is 5.05. The highest BCUT2D eigenvalue weighted by atomic mass is 35.5. The van der Waals surface area contributed by atoms with Gasteiger partial charge in [0.25, 0.3) is 0 Å². The molecule has 2 nitrogen and oxygen atoms in total. The standard InChI is InChI=1S/C9H8F5NO.ClH/c10-8(11,9(12,13)14)7(15)5-3-1-2-4-6(5)16;/h1-4,7,16H,15H2;1H/t7-;/m1./s1. The highest BCUT2D eigenvalue weighted by molar-refractivity contribution is 5.85. The number of para-hydroxylation sites is 1. The number of benzene rings is 1. The summed E-state index contributed by atoms with van der Waals surface area (Å²) in [7, 11) is 0. The van der Waals surface area contributed by atoms with E-state index in [0.29, 0.717) is 0 Å². The first-order chi connectivity index (χ1) is 7.18. The van der Waals surface area contributed by atoms with Crippen molar-refractivity contribution in [3.05, 3.63) is 29.8 Å². The van der Waals surface area contributed by atoms with Gasteiger partial charge in [0, 0.05) is 5.56 Å². The van der Waals surface area contributed by atoms with Crippen molar-refractivity contribution in [1.82, 2.24) is 0 Å². The van der Waals surface area contributed by atoms with Crippen molar-refractivity contribution in [2.75, 3.05) is 0 Å². The van der Waals surface area contributed by atoms with Crippen LogP contribution in [0.1, 0.15) is 11.6 Å². The molecule has 8 heteroatoms. The molecule has 0 aliphatic carbocycles. The molecule has 1 atom stereocenters. The Bertz CT molecular complexity index is 382. The van der Waals surface area contributed by atoms with Crippen molar-refractivity contribution in [3.63, 3.8) is 0 Å². The summed E-state index contributed by atoms with van der Waals surface area (Å²) in [5.74, 6) is -5.79. The Morgan fingerprint density at radius 2 is 1.53 bits per heavy atom. The maximum atomic E-state index is 12.8. The van der Waals surface area contributed by atoms with E-state index in [1.54, 1.807) is 0 Å². The van der Waals surface area contributed by atoms with Crippen molar-refractivity contribution in [1.29, 1.82) is 0 Å². The Morgan fingerprint density at radius 1 is 1.06 bits per heavy atom. The van der Waals surface area contributed by atoms with Gasteiger partial charge >= 0.3 is 12.1 Å². The normalized spacial score (nSPS) is 14.0. The van der Waals surface area contributed by atoms with Crippen LogP contribution in [0.15, 0.2) is 24.3 Å². The molecule has 0 radical (unpaired) electrons. The topological polar surface area (TPSA) is 46.2 Å². The lowest BCUT2D eigenvalue weighted by atomic mass is 10.00. The third-order valence-electron chi connectivity index (χ3n) is 2.04. The number of phenolic OH excluding ortho intramolecular Hbond substituents is 1. The molecule has 0 spiro atoms. The predicted octanol–water partition coefficient (Wildman–Crippen LogP) is 3.01. The van der Waals surface area contributed by atoms with Gasteiger partial charge in [-0.1, -0.05) is 18.2 Å². The van der Waals surface area contributed by atoms with Crippen molar-refractivity contribution in [3.8, 4) is 5.75 Å². The molecule has 0 aliphatic heterocycles. The highest BCUT2D eigenvalue weighted by Crippen LogP contribution is 2.44. The summed E-state index contributed by atoms with van der Waals surface area (Å²) in [5, 5.41) is 9.13. The summed E-state index contributed by atoms with van der Waals surface area (Å²) in [4.78, 5) is 0. The monoisotopic (exact) mass is 277 g/mol. The van der Waals surface area contributed by atoms with Gasteiger partial charge in [-0.3, -0.25) is 0 Å². The Kier molecular flexibility index (Phi) is 4.73. The third-order valence-corrected chi connectivity index (χ3v) is 2.04. The SMILES string of the molecule is Cl.N[C@H](c1ccccc1O)C(F)(F)C(F)(F)F. The number of nitrogens with two attached hydrogens (primary N) is 1. The molecule has 0 saturated heterocycles. The Balaban J connectivity index is 0.00000256. The fraction of sp³-hybridized carbons (Fsp3) is 0.333. The van der Waals surface area contributed by atoms with Crippen LogP contribution in [0, 0.1) is 0 Å². The molecule has 1 rings (SSSR count). The van der Waals surface area contributed by atoms with Crippen LogP contribution >= 0.6 is 12.4 Å². The number of hydrogen-bond acceptors (Lipinski definition) is 2. The zero-order valence-corrected chi connectivity index (χ0v) is 9.03. The first-order valence-corrected chi connectivity index (χ1v) is 4.16.